The molecule has 0 bridgehead atoms. The molecule has 1 aromatic carbocycles. The average molecular weight is 528 g/mol. The zero-order valence-corrected chi connectivity index (χ0v) is 21.2. The molecule has 1 amide bonds. The van der Waals surface area contributed by atoms with Crippen molar-refractivity contribution in [3.63, 3.8) is 0 Å². The standard InChI is InChI=1S/C21H22ClN3O5S3/c1-3-30-18(26)12-24-14-7-6-13(2)11-16(14)31-21(24)23-20(27)15-5-4-10-25(15)33(28,29)19-9-8-17(22)32-19/h6-9,11,15H,3-5,10,12H2,1-2H3/t15-/m1/s1. The Morgan fingerprint density at radius 2 is 2.03 bits per heavy atom. The van der Waals surface area contributed by atoms with Crippen molar-refractivity contribution in [2.75, 3.05) is 13.2 Å². The van der Waals surface area contributed by atoms with E-state index in [4.69, 9.17) is 16.3 Å². The number of thiazole rings is 1. The van der Waals surface area contributed by atoms with Gasteiger partial charge in [-0.15, -0.1) is 11.3 Å². The molecular formula is C21H22ClN3O5S3. The SMILES string of the molecule is CCOC(=O)Cn1c(=NC(=O)[C@H]2CCCN2S(=O)(=O)c2ccc(Cl)s2)sc2cc(C)ccc21. The van der Waals surface area contributed by atoms with Crippen molar-refractivity contribution in [3.8, 4) is 0 Å². The fourth-order valence-electron chi connectivity index (χ4n) is 3.75. The predicted molar refractivity (Wildman–Crippen MR) is 128 cm³/mol. The van der Waals surface area contributed by atoms with Crippen molar-refractivity contribution in [2.24, 2.45) is 4.99 Å². The molecule has 1 saturated heterocycles. The molecule has 3 aromatic rings. The number of aromatic nitrogens is 1. The number of rotatable bonds is 6. The molecule has 1 fully saturated rings. The van der Waals surface area contributed by atoms with Crippen LogP contribution in [0.25, 0.3) is 10.2 Å². The Morgan fingerprint density at radius 1 is 1.24 bits per heavy atom. The van der Waals surface area contributed by atoms with E-state index >= 15 is 0 Å². The maximum atomic E-state index is 13.2. The van der Waals surface area contributed by atoms with Gasteiger partial charge >= 0.3 is 5.97 Å². The number of ether oxygens (including phenoxy) is 1. The normalized spacial score (nSPS) is 17.7. The molecule has 4 rings (SSSR count). The molecule has 0 unspecified atom stereocenters. The Hall–Kier alpha value is -2.05. The number of hydrogen-bond donors (Lipinski definition) is 0. The quantitative estimate of drug-likeness (QED) is 0.456. The van der Waals surface area contributed by atoms with Crippen LogP contribution in [0.15, 0.2) is 39.5 Å². The summed E-state index contributed by atoms with van der Waals surface area (Å²) in [6, 6.07) is 7.81. The van der Waals surface area contributed by atoms with E-state index in [1.54, 1.807) is 11.5 Å². The Kier molecular flexibility index (Phi) is 7.06. The second-order valence-electron chi connectivity index (χ2n) is 7.53. The molecule has 0 spiro atoms. The highest BCUT2D eigenvalue weighted by atomic mass is 35.5. The second kappa shape index (κ2) is 9.67. The number of amides is 1. The lowest BCUT2D eigenvalue weighted by Crippen LogP contribution is -2.40. The molecule has 0 N–H and O–H groups in total. The fourth-order valence-corrected chi connectivity index (χ4v) is 8.15. The summed E-state index contributed by atoms with van der Waals surface area (Å²) in [7, 11) is -3.86. The number of fused-ring (bicyclic) bond motifs is 1. The fraction of sp³-hybridized carbons (Fsp3) is 0.381. The van der Waals surface area contributed by atoms with Crippen LogP contribution in [0.1, 0.15) is 25.3 Å². The number of sulfonamides is 1. The van der Waals surface area contributed by atoms with Gasteiger partial charge in [0.1, 0.15) is 16.8 Å². The first-order chi connectivity index (χ1) is 15.7. The predicted octanol–water partition coefficient (Wildman–Crippen LogP) is 3.57. The van der Waals surface area contributed by atoms with Crippen molar-refractivity contribution in [3.05, 3.63) is 45.0 Å². The summed E-state index contributed by atoms with van der Waals surface area (Å²) in [5.74, 6) is -0.995. The molecular weight excluding hydrogens is 506 g/mol. The van der Waals surface area contributed by atoms with Crippen LogP contribution in [0.5, 0.6) is 0 Å². The first-order valence-corrected chi connectivity index (χ1v) is 13.8. The summed E-state index contributed by atoms with van der Waals surface area (Å²) in [5.41, 5.74) is 1.79. The van der Waals surface area contributed by atoms with E-state index < -0.39 is 27.9 Å². The number of aryl methyl sites for hydroxylation is 1. The van der Waals surface area contributed by atoms with E-state index in [1.807, 2.05) is 25.1 Å². The second-order valence-corrected chi connectivity index (χ2v) is 12.4. The summed E-state index contributed by atoms with van der Waals surface area (Å²) in [4.78, 5) is 30.0. The number of carbonyl (C=O) groups excluding carboxylic acids is 2. The van der Waals surface area contributed by atoms with E-state index in [9.17, 15) is 18.0 Å². The number of halogens is 1. The van der Waals surface area contributed by atoms with Gasteiger partial charge < -0.3 is 9.30 Å². The van der Waals surface area contributed by atoms with Crippen molar-refractivity contribution >= 4 is 66.4 Å². The number of esters is 1. The molecule has 1 atom stereocenters. The summed E-state index contributed by atoms with van der Waals surface area (Å²) < 4.78 is 35.5. The van der Waals surface area contributed by atoms with Crippen LogP contribution in [0.4, 0.5) is 0 Å². The topological polar surface area (TPSA) is 98.0 Å². The Balaban J connectivity index is 1.72. The minimum Gasteiger partial charge on any atom is -0.465 e. The van der Waals surface area contributed by atoms with Gasteiger partial charge in [0.15, 0.2) is 4.80 Å². The Bertz CT molecular complexity index is 1390. The van der Waals surface area contributed by atoms with Crippen LogP contribution in [0.2, 0.25) is 4.34 Å². The highest BCUT2D eigenvalue weighted by molar-refractivity contribution is 7.91. The monoisotopic (exact) mass is 527 g/mol. The minimum atomic E-state index is -3.86. The van der Waals surface area contributed by atoms with Crippen molar-refractivity contribution in [1.82, 2.24) is 8.87 Å². The summed E-state index contributed by atoms with van der Waals surface area (Å²) >= 11 is 8.16. The average Bonchev–Trinajstić information content (AvgIpc) is 3.48. The molecule has 1 aliphatic rings. The van der Waals surface area contributed by atoms with Crippen LogP contribution in [-0.4, -0.2) is 48.4 Å². The van der Waals surface area contributed by atoms with E-state index in [1.165, 1.54) is 27.8 Å². The zero-order valence-electron chi connectivity index (χ0n) is 18.0. The lowest BCUT2D eigenvalue weighted by molar-refractivity contribution is -0.143. The van der Waals surface area contributed by atoms with Gasteiger partial charge in [-0.05, 0) is 56.5 Å². The van der Waals surface area contributed by atoms with Gasteiger partial charge in [0, 0.05) is 6.54 Å². The summed E-state index contributed by atoms with van der Waals surface area (Å²) in [6.07, 6.45) is 0.932. The maximum Gasteiger partial charge on any atom is 0.326 e. The highest BCUT2D eigenvalue weighted by Gasteiger charge is 2.40. The van der Waals surface area contributed by atoms with E-state index in [2.05, 4.69) is 4.99 Å². The van der Waals surface area contributed by atoms with Gasteiger partial charge in [-0.3, -0.25) is 9.59 Å². The van der Waals surface area contributed by atoms with E-state index in [-0.39, 0.29) is 23.9 Å². The number of hydrogen-bond acceptors (Lipinski definition) is 7. The molecule has 176 valence electrons. The Morgan fingerprint density at radius 3 is 2.73 bits per heavy atom. The third kappa shape index (κ3) is 4.92. The van der Waals surface area contributed by atoms with E-state index in [0.717, 1.165) is 27.1 Å². The van der Waals surface area contributed by atoms with Gasteiger partial charge in [-0.1, -0.05) is 29.0 Å². The van der Waals surface area contributed by atoms with Crippen LogP contribution in [-0.2, 0) is 30.9 Å². The third-order valence-corrected chi connectivity index (χ3v) is 9.88. The highest BCUT2D eigenvalue weighted by Crippen LogP contribution is 2.32. The van der Waals surface area contributed by atoms with Crippen LogP contribution < -0.4 is 4.80 Å². The molecule has 33 heavy (non-hydrogen) atoms. The van der Waals surface area contributed by atoms with Gasteiger partial charge in [0.25, 0.3) is 15.9 Å². The van der Waals surface area contributed by atoms with Gasteiger partial charge in [-0.2, -0.15) is 9.30 Å². The number of thiophene rings is 1. The molecule has 1 aliphatic heterocycles. The van der Waals surface area contributed by atoms with Gasteiger partial charge in [0.2, 0.25) is 0 Å². The van der Waals surface area contributed by atoms with Crippen LogP contribution >= 0.6 is 34.3 Å². The lowest BCUT2D eigenvalue weighted by Gasteiger charge is -2.20. The molecule has 8 nitrogen and oxygen atoms in total. The van der Waals surface area contributed by atoms with Crippen molar-refractivity contribution in [1.29, 1.82) is 0 Å². The summed E-state index contributed by atoms with van der Waals surface area (Å²) in [6.45, 7) is 4.06. The van der Waals surface area contributed by atoms with Crippen LogP contribution in [0.3, 0.4) is 0 Å². The van der Waals surface area contributed by atoms with Crippen molar-refractivity contribution < 1.29 is 22.7 Å². The number of benzene rings is 1. The molecule has 3 heterocycles. The van der Waals surface area contributed by atoms with Gasteiger partial charge in [0.05, 0.1) is 21.2 Å². The Labute approximate surface area is 204 Å². The first-order valence-electron chi connectivity index (χ1n) is 10.3. The first kappa shape index (κ1) is 24.1. The third-order valence-electron chi connectivity index (χ3n) is 5.24. The molecule has 0 radical (unpaired) electrons. The number of nitrogens with zero attached hydrogens (tertiary/aromatic N) is 3. The maximum absolute atomic E-state index is 13.2. The molecule has 2 aromatic heterocycles. The molecule has 0 aliphatic carbocycles. The van der Waals surface area contributed by atoms with Gasteiger partial charge in [-0.25, -0.2) is 8.42 Å². The minimum absolute atomic E-state index is 0.0939. The largest absolute Gasteiger partial charge is 0.465 e. The molecule has 12 heteroatoms. The smallest absolute Gasteiger partial charge is 0.326 e. The van der Waals surface area contributed by atoms with E-state index in [0.29, 0.717) is 22.0 Å². The lowest BCUT2D eigenvalue weighted by atomic mass is 10.2. The van der Waals surface area contributed by atoms with Crippen molar-refractivity contribution in [2.45, 2.75) is 43.5 Å². The zero-order chi connectivity index (χ0) is 23.8. The summed E-state index contributed by atoms with van der Waals surface area (Å²) in [5, 5.41) is 0. The number of carbonyl (C=O) groups is 2. The molecule has 0 saturated carbocycles. The van der Waals surface area contributed by atoms with Crippen LogP contribution in [0, 0.1) is 6.92 Å².